The largest absolute Gasteiger partial charge is 0.340 e. The lowest BCUT2D eigenvalue weighted by atomic mass is 10.1. The lowest BCUT2D eigenvalue weighted by Gasteiger charge is -2.11. The summed E-state index contributed by atoms with van der Waals surface area (Å²) < 4.78 is 27.2. The lowest BCUT2D eigenvalue weighted by molar-refractivity contribution is 0.102. The van der Waals surface area contributed by atoms with Crippen LogP contribution in [0.5, 0.6) is 0 Å². The minimum atomic E-state index is -0.834. The van der Waals surface area contributed by atoms with Gasteiger partial charge in [-0.05, 0) is 55.3 Å². The number of hydrogen-bond donors (Lipinski definition) is 2. The lowest BCUT2D eigenvalue weighted by Crippen LogP contribution is -2.14. The highest BCUT2D eigenvalue weighted by Crippen LogP contribution is 2.22. The third kappa shape index (κ3) is 3.85. The molecule has 132 valence electrons. The number of nitrogens with zero attached hydrogens (tertiary/aromatic N) is 1. The number of anilines is 3. The summed E-state index contributed by atoms with van der Waals surface area (Å²) >= 11 is 0. The molecule has 0 spiro atoms. The van der Waals surface area contributed by atoms with Crippen molar-refractivity contribution in [1.82, 2.24) is 4.98 Å². The zero-order chi connectivity index (χ0) is 18.7. The molecule has 0 aliphatic rings. The van der Waals surface area contributed by atoms with Crippen molar-refractivity contribution in [2.45, 2.75) is 13.8 Å². The number of carbonyl (C=O) groups excluding carboxylic acids is 1. The van der Waals surface area contributed by atoms with Crippen molar-refractivity contribution in [2.24, 2.45) is 0 Å². The SMILES string of the molecule is Cc1ccc(C)c(Nc2ccc(C(=O)Nc3c(F)cccc3F)cn2)c1. The second kappa shape index (κ2) is 7.31. The number of halogens is 2. The summed E-state index contributed by atoms with van der Waals surface area (Å²) in [5.41, 5.74) is 2.81. The van der Waals surface area contributed by atoms with E-state index in [0.717, 1.165) is 28.9 Å². The van der Waals surface area contributed by atoms with Gasteiger partial charge in [-0.15, -0.1) is 0 Å². The van der Waals surface area contributed by atoms with Gasteiger partial charge in [0, 0.05) is 11.9 Å². The molecular formula is C20H17F2N3O. The molecular weight excluding hydrogens is 336 g/mol. The molecule has 0 aliphatic heterocycles. The van der Waals surface area contributed by atoms with Gasteiger partial charge < -0.3 is 10.6 Å². The molecule has 26 heavy (non-hydrogen) atoms. The first-order valence-electron chi connectivity index (χ1n) is 8.00. The fourth-order valence-corrected chi connectivity index (χ4v) is 2.41. The Kier molecular flexibility index (Phi) is 4.93. The number of rotatable bonds is 4. The van der Waals surface area contributed by atoms with Gasteiger partial charge in [0.2, 0.25) is 0 Å². The molecule has 3 rings (SSSR count). The van der Waals surface area contributed by atoms with E-state index in [-0.39, 0.29) is 5.56 Å². The predicted molar refractivity (Wildman–Crippen MR) is 97.7 cm³/mol. The summed E-state index contributed by atoms with van der Waals surface area (Å²) in [6, 6.07) is 12.6. The van der Waals surface area contributed by atoms with Gasteiger partial charge >= 0.3 is 0 Å². The van der Waals surface area contributed by atoms with Crippen LogP contribution in [0.3, 0.4) is 0 Å². The van der Waals surface area contributed by atoms with E-state index in [1.165, 1.54) is 18.3 Å². The number of carbonyl (C=O) groups is 1. The second-order valence-electron chi connectivity index (χ2n) is 5.93. The van der Waals surface area contributed by atoms with Gasteiger partial charge in [0.25, 0.3) is 5.91 Å². The van der Waals surface area contributed by atoms with Crippen molar-refractivity contribution in [1.29, 1.82) is 0 Å². The molecule has 2 N–H and O–H groups in total. The summed E-state index contributed by atoms with van der Waals surface area (Å²) in [4.78, 5) is 16.4. The number of pyridine rings is 1. The molecule has 3 aromatic rings. The van der Waals surface area contributed by atoms with Crippen LogP contribution in [-0.2, 0) is 0 Å². The summed E-state index contributed by atoms with van der Waals surface area (Å²) in [7, 11) is 0. The summed E-state index contributed by atoms with van der Waals surface area (Å²) in [6.45, 7) is 3.97. The number of aryl methyl sites for hydroxylation is 2. The van der Waals surface area contributed by atoms with Crippen molar-refractivity contribution in [3.8, 4) is 0 Å². The molecule has 0 aliphatic carbocycles. The summed E-state index contributed by atoms with van der Waals surface area (Å²) in [6.07, 6.45) is 1.35. The van der Waals surface area contributed by atoms with Crippen LogP contribution in [0, 0.1) is 25.5 Å². The summed E-state index contributed by atoms with van der Waals surface area (Å²) in [5, 5.41) is 5.42. The molecule has 1 amide bonds. The Balaban J connectivity index is 1.75. The van der Waals surface area contributed by atoms with Crippen molar-refractivity contribution in [3.05, 3.63) is 83.1 Å². The maximum absolute atomic E-state index is 13.6. The van der Waals surface area contributed by atoms with E-state index >= 15 is 0 Å². The highest BCUT2D eigenvalue weighted by Gasteiger charge is 2.13. The van der Waals surface area contributed by atoms with Gasteiger partial charge in [0.15, 0.2) is 0 Å². The first kappa shape index (κ1) is 17.5. The molecule has 4 nitrogen and oxygen atoms in total. The van der Waals surface area contributed by atoms with Crippen molar-refractivity contribution in [3.63, 3.8) is 0 Å². The van der Waals surface area contributed by atoms with Crippen LogP contribution < -0.4 is 10.6 Å². The van der Waals surface area contributed by atoms with Gasteiger partial charge in [-0.1, -0.05) is 18.2 Å². The Morgan fingerprint density at radius 1 is 1.00 bits per heavy atom. The minimum absolute atomic E-state index is 0.194. The van der Waals surface area contributed by atoms with Crippen molar-refractivity contribution < 1.29 is 13.6 Å². The number of para-hydroxylation sites is 1. The van der Waals surface area contributed by atoms with E-state index in [2.05, 4.69) is 15.6 Å². The number of nitrogens with one attached hydrogen (secondary N) is 2. The highest BCUT2D eigenvalue weighted by atomic mass is 19.1. The number of amides is 1. The van der Waals surface area contributed by atoms with Crippen molar-refractivity contribution >= 4 is 23.1 Å². The average Bonchev–Trinajstić information content (AvgIpc) is 2.62. The van der Waals surface area contributed by atoms with Gasteiger partial charge in [0.05, 0.1) is 5.56 Å². The van der Waals surface area contributed by atoms with Crippen LogP contribution in [0.4, 0.5) is 26.0 Å². The molecule has 2 aromatic carbocycles. The smallest absolute Gasteiger partial charge is 0.257 e. The molecule has 0 saturated heterocycles. The van der Waals surface area contributed by atoms with Gasteiger partial charge in [-0.3, -0.25) is 4.79 Å². The van der Waals surface area contributed by atoms with E-state index in [1.54, 1.807) is 6.07 Å². The van der Waals surface area contributed by atoms with E-state index in [4.69, 9.17) is 0 Å². The molecule has 0 unspecified atom stereocenters. The topological polar surface area (TPSA) is 54.0 Å². The van der Waals surface area contributed by atoms with Crippen LogP contribution in [0.2, 0.25) is 0 Å². The van der Waals surface area contributed by atoms with Crippen LogP contribution in [-0.4, -0.2) is 10.9 Å². The minimum Gasteiger partial charge on any atom is -0.340 e. The van der Waals surface area contributed by atoms with E-state index in [0.29, 0.717) is 5.82 Å². The first-order chi connectivity index (χ1) is 12.4. The normalized spacial score (nSPS) is 10.5. The first-order valence-corrected chi connectivity index (χ1v) is 8.00. The van der Waals surface area contributed by atoms with Crippen molar-refractivity contribution in [2.75, 3.05) is 10.6 Å². The maximum atomic E-state index is 13.6. The standard InChI is InChI=1S/C20H17F2N3O/c1-12-6-7-13(2)17(10-12)24-18-9-8-14(11-23-18)20(26)25-19-15(21)4-3-5-16(19)22/h3-11H,1-2H3,(H,23,24)(H,25,26). The Hall–Kier alpha value is -3.28. The molecule has 0 fully saturated rings. The monoisotopic (exact) mass is 353 g/mol. The fraction of sp³-hybridized carbons (Fsp3) is 0.100. The quantitative estimate of drug-likeness (QED) is 0.696. The highest BCUT2D eigenvalue weighted by molar-refractivity contribution is 6.04. The molecule has 1 aromatic heterocycles. The van der Waals surface area contributed by atoms with Crippen LogP contribution in [0.1, 0.15) is 21.5 Å². The van der Waals surface area contributed by atoms with E-state index < -0.39 is 23.2 Å². The summed E-state index contributed by atoms with van der Waals surface area (Å²) in [5.74, 6) is -1.74. The molecule has 0 radical (unpaired) electrons. The third-order valence-corrected chi connectivity index (χ3v) is 3.88. The zero-order valence-corrected chi connectivity index (χ0v) is 14.3. The van der Waals surface area contributed by atoms with Gasteiger partial charge in [-0.25, -0.2) is 13.8 Å². The molecule has 0 atom stereocenters. The molecule has 1 heterocycles. The Morgan fingerprint density at radius 2 is 1.73 bits per heavy atom. The fourth-order valence-electron chi connectivity index (χ4n) is 2.41. The van der Waals surface area contributed by atoms with Crippen LogP contribution in [0.15, 0.2) is 54.7 Å². The Labute approximate surface area is 149 Å². The van der Waals surface area contributed by atoms with E-state index in [9.17, 15) is 13.6 Å². The number of hydrogen-bond acceptors (Lipinski definition) is 3. The molecule has 6 heteroatoms. The van der Waals surface area contributed by atoms with Crippen LogP contribution >= 0.6 is 0 Å². The third-order valence-electron chi connectivity index (χ3n) is 3.88. The Bertz CT molecular complexity index is 936. The zero-order valence-electron chi connectivity index (χ0n) is 14.3. The average molecular weight is 353 g/mol. The number of benzene rings is 2. The van der Waals surface area contributed by atoms with Gasteiger partial charge in [-0.2, -0.15) is 0 Å². The maximum Gasteiger partial charge on any atom is 0.257 e. The molecule has 0 saturated carbocycles. The van der Waals surface area contributed by atoms with Crippen LogP contribution in [0.25, 0.3) is 0 Å². The second-order valence-corrected chi connectivity index (χ2v) is 5.93. The molecule has 0 bridgehead atoms. The Morgan fingerprint density at radius 3 is 2.38 bits per heavy atom. The van der Waals surface area contributed by atoms with Gasteiger partial charge in [0.1, 0.15) is 23.1 Å². The predicted octanol–water partition coefficient (Wildman–Crippen LogP) is 4.97. The van der Waals surface area contributed by atoms with E-state index in [1.807, 2.05) is 32.0 Å². The number of aromatic nitrogens is 1.